The van der Waals surface area contributed by atoms with Gasteiger partial charge in [0.2, 0.25) is 0 Å². The van der Waals surface area contributed by atoms with Crippen LogP contribution in [0.15, 0.2) is 54.9 Å². The Morgan fingerprint density at radius 3 is 2.50 bits per heavy atom. The highest BCUT2D eigenvalue weighted by molar-refractivity contribution is 6.12. The molecule has 0 spiro atoms. The molecule has 0 amide bonds. The molecule has 2 rings (SSSR count). The molecule has 2 aromatic rings. The topological polar surface area (TPSA) is 56.3 Å². The zero-order valence-electron chi connectivity index (χ0n) is 11.2. The van der Waals surface area contributed by atoms with Crippen LogP contribution in [-0.4, -0.2) is 23.3 Å². The third kappa shape index (κ3) is 3.09. The summed E-state index contributed by atoms with van der Waals surface area (Å²) < 4.78 is 5.01. The number of pyridine rings is 1. The van der Waals surface area contributed by atoms with Crippen LogP contribution in [-0.2, 0) is 9.53 Å². The number of benzene rings is 1. The van der Waals surface area contributed by atoms with Gasteiger partial charge in [-0.2, -0.15) is 0 Å². The van der Waals surface area contributed by atoms with Gasteiger partial charge < -0.3 is 4.74 Å². The standard InChI is InChI=1S/C16H15NO3/c1-2-20-16(19)14(13-9-6-10-17-11-13)15(18)12-7-4-3-5-8-12/h3-11,14H,2H2,1H3. The number of ether oxygens (including phenoxy) is 1. The molecule has 1 aromatic carbocycles. The Morgan fingerprint density at radius 1 is 1.15 bits per heavy atom. The van der Waals surface area contributed by atoms with Crippen LogP contribution < -0.4 is 0 Å². The lowest BCUT2D eigenvalue weighted by Gasteiger charge is -2.14. The first kappa shape index (κ1) is 13.9. The highest BCUT2D eigenvalue weighted by atomic mass is 16.5. The predicted molar refractivity (Wildman–Crippen MR) is 74.4 cm³/mol. The molecule has 4 heteroatoms. The maximum Gasteiger partial charge on any atom is 0.321 e. The third-order valence-electron chi connectivity index (χ3n) is 2.86. The number of carbonyl (C=O) groups is 2. The maximum atomic E-state index is 12.5. The summed E-state index contributed by atoms with van der Waals surface area (Å²) in [4.78, 5) is 28.6. The summed E-state index contributed by atoms with van der Waals surface area (Å²) in [5.41, 5.74) is 1.02. The Labute approximate surface area is 117 Å². The summed E-state index contributed by atoms with van der Waals surface area (Å²) in [7, 11) is 0. The fraction of sp³-hybridized carbons (Fsp3) is 0.188. The predicted octanol–water partition coefficient (Wildman–Crippen LogP) is 2.61. The number of aromatic nitrogens is 1. The van der Waals surface area contributed by atoms with Gasteiger partial charge in [-0.25, -0.2) is 0 Å². The molecule has 0 aliphatic rings. The van der Waals surface area contributed by atoms with E-state index in [0.29, 0.717) is 11.1 Å². The monoisotopic (exact) mass is 269 g/mol. The first-order chi connectivity index (χ1) is 9.74. The highest BCUT2D eigenvalue weighted by Gasteiger charge is 2.30. The van der Waals surface area contributed by atoms with E-state index >= 15 is 0 Å². The molecule has 0 saturated carbocycles. The number of ketones is 1. The number of carbonyl (C=O) groups excluding carboxylic acids is 2. The highest BCUT2D eigenvalue weighted by Crippen LogP contribution is 2.22. The summed E-state index contributed by atoms with van der Waals surface area (Å²) in [6.07, 6.45) is 3.11. The van der Waals surface area contributed by atoms with Crippen molar-refractivity contribution >= 4 is 11.8 Å². The maximum absolute atomic E-state index is 12.5. The molecule has 0 aliphatic carbocycles. The number of Topliss-reactive ketones (excluding diaryl/α,β-unsaturated/α-hetero) is 1. The molecule has 0 N–H and O–H groups in total. The van der Waals surface area contributed by atoms with E-state index in [1.54, 1.807) is 49.5 Å². The summed E-state index contributed by atoms with van der Waals surface area (Å²) >= 11 is 0. The van der Waals surface area contributed by atoms with E-state index in [-0.39, 0.29) is 12.4 Å². The average Bonchev–Trinajstić information content (AvgIpc) is 2.50. The van der Waals surface area contributed by atoms with Crippen LogP contribution in [0, 0.1) is 0 Å². The van der Waals surface area contributed by atoms with Gasteiger partial charge in [-0.1, -0.05) is 36.4 Å². The fourth-order valence-electron chi connectivity index (χ4n) is 1.94. The van der Waals surface area contributed by atoms with Crippen LogP contribution in [0.5, 0.6) is 0 Å². The van der Waals surface area contributed by atoms with Crippen molar-refractivity contribution in [2.45, 2.75) is 12.8 Å². The molecule has 0 bridgehead atoms. The molecular formula is C16H15NO3. The fourth-order valence-corrected chi connectivity index (χ4v) is 1.94. The number of rotatable bonds is 5. The van der Waals surface area contributed by atoms with Crippen molar-refractivity contribution in [2.24, 2.45) is 0 Å². The molecule has 0 aliphatic heterocycles. The van der Waals surface area contributed by atoms with Crippen LogP contribution in [0.4, 0.5) is 0 Å². The number of nitrogens with zero attached hydrogens (tertiary/aromatic N) is 1. The minimum Gasteiger partial charge on any atom is -0.465 e. The van der Waals surface area contributed by atoms with Gasteiger partial charge in [-0.3, -0.25) is 14.6 Å². The smallest absolute Gasteiger partial charge is 0.321 e. The lowest BCUT2D eigenvalue weighted by atomic mass is 9.92. The third-order valence-corrected chi connectivity index (χ3v) is 2.86. The zero-order valence-corrected chi connectivity index (χ0v) is 11.2. The SMILES string of the molecule is CCOC(=O)C(C(=O)c1ccccc1)c1cccnc1. The van der Waals surface area contributed by atoms with Gasteiger partial charge >= 0.3 is 5.97 Å². The van der Waals surface area contributed by atoms with Gasteiger partial charge in [0.25, 0.3) is 0 Å². The second-order valence-electron chi connectivity index (χ2n) is 4.20. The Hall–Kier alpha value is -2.49. The van der Waals surface area contributed by atoms with Crippen molar-refractivity contribution in [3.8, 4) is 0 Å². The Balaban J connectivity index is 2.37. The second kappa shape index (κ2) is 6.61. The van der Waals surface area contributed by atoms with E-state index in [9.17, 15) is 9.59 Å². The van der Waals surface area contributed by atoms with Crippen molar-refractivity contribution in [3.05, 3.63) is 66.0 Å². The average molecular weight is 269 g/mol. The molecule has 0 fully saturated rings. The summed E-state index contributed by atoms with van der Waals surface area (Å²) in [6.45, 7) is 1.95. The minimum absolute atomic E-state index is 0.234. The summed E-state index contributed by atoms with van der Waals surface area (Å²) in [5, 5.41) is 0. The molecule has 20 heavy (non-hydrogen) atoms. The molecular weight excluding hydrogens is 254 g/mol. The van der Waals surface area contributed by atoms with E-state index in [1.165, 1.54) is 6.20 Å². The van der Waals surface area contributed by atoms with E-state index in [2.05, 4.69) is 4.98 Å². The van der Waals surface area contributed by atoms with Gasteiger partial charge in [0.05, 0.1) is 6.61 Å². The quantitative estimate of drug-likeness (QED) is 0.475. The molecule has 0 radical (unpaired) electrons. The van der Waals surface area contributed by atoms with Crippen molar-refractivity contribution in [3.63, 3.8) is 0 Å². The van der Waals surface area contributed by atoms with Crippen LogP contribution in [0.1, 0.15) is 28.8 Å². The normalized spacial score (nSPS) is 11.7. The molecule has 102 valence electrons. The van der Waals surface area contributed by atoms with Crippen LogP contribution in [0.3, 0.4) is 0 Å². The number of esters is 1. The van der Waals surface area contributed by atoms with E-state index < -0.39 is 11.9 Å². The number of hydrogen-bond acceptors (Lipinski definition) is 4. The van der Waals surface area contributed by atoms with Crippen molar-refractivity contribution < 1.29 is 14.3 Å². The minimum atomic E-state index is -0.967. The van der Waals surface area contributed by atoms with Crippen molar-refractivity contribution in [1.82, 2.24) is 4.98 Å². The van der Waals surface area contributed by atoms with Gasteiger partial charge in [0, 0.05) is 18.0 Å². The largest absolute Gasteiger partial charge is 0.465 e. The summed E-state index contributed by atoms with van der Waals surface area (Å²) in [6, 6.07) is 12.1. The molecule has 4 nitrogen and oxygen atoms in total. The summed E-state index contributed by atoms with van der Waals surface area (Å²) in [5.74, 6) is -1.79. The van der Waals surface area contributed by atoms with Gasteiger partial charge in [0.1, 0.15) is 5.92 Å². The van der Waals surface area contributed by atoms with Gasteiger partial charge in [-0.05, 0) is 18.6 Å². The Morgan fingerprint density at radius 2 is 1.90 bits per heavy atom. The van der Waals surface area contributed by atoms with Crippen molar-refractivity contribution in [1.29, 1.82) is 0 Å². The Kier molecular flexibility index (Phi) is 4.60. The lowest BCUT2D eigenvalue weighted by Crippen LogP contribution is -2.24. The van der Waals surface area contributed by atoms with Crippen molar-refractivity contribution in [2.75, 3.05) is 6.61 Å². The first-order valence-electron chi connectivity index (χ1n) is 6.40. The van der Waals surface area contributed by atoms with E-state index in [1.807, 2.05) is 6.07 Å². The van der Waals surface area contributed by atoms with E-state index in [0.717, 1.165) is 0 Å². The number of hydrogen-bond donors (Lipinski definition) is 0. The molecule has 1 unspecified atom stereocenters. The molecule has 1 aromatic heterocycles. The first-order valence-corrected chi connectivity index (χ1v) is 6.40. The molecule has 0 saturated heterocycles. The molecule has 1 atom stereocenters. The second-order valence-corrected chi connectivity index (χ2v) is 4.20. The van der Waals surface area contributed by atoms with Crippen LogP contribution in [0.25, 0.3) is 0 Å². The van der Waals surface area contributed by atoms with Gasteiger partial charge in [-0.15, -0.1) is 0 Å². The Bertz CT molecular complexity index is 581. The zero-order chi connectivity index (χ0) is 14.4. The van der Waals surface area contributed by atoms with Crippen LogP contribution >= 0.6 is 0 Å². The van der Waals surface area contributed by atoms with Gasteiger partial charge in [0.15, 0.2) is 5.78 Å². The van der Waals surface area contributed by atoms with E-state index in [4.69, 9.17) is 4.74 Å². The molecule has 1 heterocycles. The van der Waals surface area contributed by atoms with Crippen LogP contribution in [0.2, 0.25) is 0 Å². The lowest BCUT2D eigenvalue weighted by molar-refractivity contribution is -0.143.